The lowest BCUT2D eigenvalue weighted by molar-refractivity contribution is 0.0922. The summed E-state index contributed by atoms with van der Waals surface area (Å²) in [6, 6.07) is 17.8. The fourth-order valence-corrected chi connectivity index (χ4v) is 5.03. The van der Waals surface area contributed by atoms with Crippen molar-refractivity contribution in [2.75, 3.05) is 26.4 Å². The lowest BCUT2D eigenvalue weighted by Gasteiger charge is -2.35. The summed E-state index contributed by atoms with van der Waals surface area (Å²) < 4.78 is 19.8. The molecule has 1 aliphatic heterocycles. The number of nitrogens with one attached hydrogen (secondary N) is 1. The smallest absolute Gasteiger partial charge is 0.269 e. The van der Waals surface area contributed by atoms with Gasteiger partial charge in [-0.2, -0.15) is 0 Å². The molecular formula is C27H45N2O3P. The van der Waals surface area contributed by atoms with Crippen LogP contribution in [0.25, 0.3) is 11.1 Å². The minimum absolute atomic E-state index is 0.0595. The molecule has 0 aromatic heterocycles. The van der Waals surface area contributed by atoms with Crippen LogP contribution in [-0.2, 0) is 9.09 Å². The van der Waals surface area contributed by atoms with Crippen molar-refractivity contribution in [2.45, 2.75) is 67.3 Å². The van der Waals surface area contributed by atoms with Gasteiger partial charge in [-0.3, -0.25) is 9.36 Å². The Morgan fingerprint density at radius 1 is 0.939 bits per heavy atom. The number of hydrogen-bond acceptors (Lipinski definition) is 3. The van der Waals surface area contributed by atoms with Gasteiger partial charge in [0.1, 0.15) is 0 Å². The van der Waals surface area contributed by atoms with E-state index in [1.165, 1.54) is 0 Å². The zero-order chi connectivity index (χ0) is 25.3. The van der Waals surface area contributed by atoms with Crippen LogP contribution in [0.3, 0.4) is 0 Å². The van der Waals surface area contributed by atoms with Crippen molar-refractivity contribution in [3.8, 4) is 11.1 Å². The Hall–Kier alpha value is -1.94. The Morgan fingerprint density at radius 3 is 2.03 bits per heavy atom. The van der Waals surface area contributed by atoms with Gasteiger partial charge in [0.2, 0.25) is 0 Å². The number of amides is 1. The van der Waals surface area contributed by atoms with E-state index in [2.05, 4.69) is 5.32 Å². The zero-order valence-electron chi connectivity index (χ0n) is 21.9. The van der Waals surface area contributed by atoms with Gasteiger partial charge >= 0.3 is 0 Å². The molecular weight excluding hydrogens is 431 g/mol. The average Bonchev–Trinajstić information content (AvgIpc) is 2.88. The van der Waals surface area contributed by atoms with Crippen molar-refractivity contribution >= 4 is 13.4 Å². The van der Waals surface area contributed by atoms with Gasteiger partial charge in [0.05, 0.1) is 6.61 Å². The normalized spacial score (nSPS) is 15.3. The van der Waals surface area contributed by atoms with Gasteiger partial charge in [0.15, 0.2) is 0 Å². The minimum atomic E-state index is -2.71. The summed E-state index contributed by atoms with van der Waals surface area (Å²) in [7, 11) is -2.71. The van der Waals surface area contributed by atoms with Crippen LogP contribution in [-0.4, -0.2) is 43.0 Å². The Labute approximate surface area is 202 Å². The van der Waals surface area contributed by atoms with Crippen LogP contribution in [0, 0.1) is 0 Å². The van der Waals surface area contributed by atoms with Crippen LogP contribution in [0.4, 0.5) is 0 Å². The van der Waals surface area contributed by atoms with Crippen molar-refractivity contribution in [1.29, 1.82) is 0 Å². The quantitative estimate of drug-likeness (QED) is 0.439. The molecule has 1 aliphatic rings. The summed E-state index contributed by atoms with van der Waals surface area (Å²) in [5, 5.41) is 3.12. The maximum absolute atomic E-state index is 12.7. The molecule has 0 aliphatic carbocycles. The molecule has 1 N–H and O–H groups in total. The molecule has 1 atom stereocenters. The van der Waals surface area contributed by atoms with Gasteiger partial charge in [-0.15, -0.1) is 0 Å². The molecule has 0 bridgehead atoms. The second-order valence-electron chi connectivity index (χ2n) is 6.87. The minimum Gasteiger partial charge on any atom is -0.349 e. The third-order valence-electron chi connectivity index (χ3n) is 4.92. The molecule has 6 heteroatoms. The first-order chi connectivity index (χ1) is 16.0. The average molecular weight is 477 g/mol. The molecule has 2 aromatic rings. The maximum Gasteiger partial charge on any atom is 0.269 e. The number of rotatable bonds is 6. The van der Waals surface area contributed by atoms with Crippen molar-refractivity contribution in [3.05, 3.63) is 60.2 Å². The number of piperidine rings is 1. The first kappa shape index (κ1) is 31.1. The van der Waals surface area contributed by atoms with Gasteiger partial charge < -0.3 is 9.84 Å². The molecule has 186 valence electrons. The van der Waals surface area contributed by atoms with Crippen LogP contribution >= 0.6 is 7.52 Å². The summed E-state index contributed by atoms with van der Waals surface area (Å²) in [4.78, 5) is 12.7. The third-order valence-corrected chi connectivity index (χ3v) is 7.09. The van der Waals surface area contributed by atoms with E-state index < -0.39 is 7.52 Å². The highest BCUT2D eigenvalue weighted by Gasteiger charge is 2.30. The highest BCUT2D eigenvalue weighted by Crippen LogP contribution is 2.47. The van der Waals surface area contributed by atoms with Crippen molar-refractivity contribution in [1.82, 2.24) is 9.99 Å². The molecule has 2 aromatic carbocycles. The predicted octanol–water partition coefficient (Wildman–Crippen LogP) is 7.49. The lowest BCUT2D eigenvalue weighted by Crippen LogP contribution is -2.43. The fraction of sp³-hybridized carbons (Fsp3) is 0.519. The summed E-state index contributed by atoms with van der Waals surface area (Å²) in [6.07, 6.45) is 1.55. The predicted molar refractivity (Wildman–Crippen MR) is 143 cm³/mol. The summed E-state index contributed by atoms with van der Waals surface area (Å²) in [6.45, 7) is 17.3. The van der Waals surface area contributed by atoms with Crippen LogP contribution in [0.15, 0.2) is 54.6 Å². The Morgan fingerprint density at radius 2 is 1.48 bits per heavy atom. The summed E-state index contributed by atoms with van der Waals surface area (Å²) in [5.74, 6) is -0.0595. The van der Waals surface area contributed by atoms with Gasteiger partial charge in [0.25, 0.3) is 13.4 Å². The number of benzene rings is 2. The molecule has 0 spiro atoms. The SMILES string of the molecule is CC.CC.CC.CCOP(C)(=O)N1CCC(NC(=O)c2cccc(-c3ccccc3)c2)CC1. The van der Waals surface area contributed by atoms with Crippen LogP contribution in [0.1, 0.15) is 71.7 Å². The van der Waals surface area contributed by atoms with E-state index >= 15 is 0 Å². The fourth-order valence-electron chi connectivity index (χ4n) is 3.43. The summed E-state index contributed by atoms with van der Waals surface area (Å²) in [5.41, 5.74) is 2.78. The van der Waals surface area contributed by atoms with Crippen molar-refractivity contribution in [2.24, 2.45) is 0 Å². The summed E-state index contributed by atoms with van der Waals surface area (Å²) >= 11 is 0. The van der Waals surface area contributed by atoms with Crippen molar-refractivity contribution < 1.29 is 13.9 Å². The number of carbonyl (C=O) groups excluding carboxylic acids is 1. The number of hydrogen-bond donors (Lipinski definition) is 1. The van der Waals surface area contributed by atoms with E-state index in [0.29, 0.717) is 25.3 Å². The van der Waals surface area contributed by atoms with E-state index in [1.54, 1.807) is 6.66 Å². The molecule has 1 amide bonds. The van der Waals surface area contributed by atoms with E-state index in [9.17, 15) is 9.36 Å². The highest BCUT2D eigenvalue weighted by molar-refractivity contribution is 7.55. The molecule has 1 heterocycles. The Bertz CT molecular complexity index is 819. The zero-order valence-corrected chi connectivity index (χ0v) is 22.8. The standard InChI is InChI=1S/C21H27N2O3P.3C2H6/c1-3-26-27(2,25)23-14-12-20(13-15-23)22-21(24)19-11-7-10-18(16-19)17-8-5-4-6-9-17;3*1-2/h4-11,16,20H,3,12-15H2,1-2H3,(H,22,24);3*1-2H3. The van der Waals surface area contributed by atoms with E-state index in [1.807, 2.05) is 108 Å². The van der Waals surface area contributed by atoms with Gasteiger partial charge in [-0.25, -0.2) is 4.67 Å². The molecule has 33 heavy (non-hydrogen) atoms. The molecule has 1 saturated heterocycles. The monoisotopic (exact) mass is 476 g/mol. The Balaban J connectivity index is 0.00000158. The molecule has 0 radical (unpaired) electrons. The van der Waals surface area contributed by atoms with Crippen LogP contribution in [0.2, 0.25) is 0 Å². The van der Waals surface area contributed by atoms with E-state index in [4.69, 9.17) is 4.52 Å². The van der Waals surface area contributed by atoms with E-state index in [0.717, 1.165) is 24.0 Å². The third kappa shape index (κ3) is 10.2. The second kappa shape index (κ2) is 17.5. The van der Waals surface area contributed by atoms with E-state index in [-0.39, 0.29) is 11.9 Å². The molecule has 0 saturated carbocycles. The van der Waals surface area contributed by atoms with Crippen LogP contribution in [0.5, 0.6) is 0 Å². The highest BCUT2D eigenvalue weighted by atomic mass is 31.2. The maximum atomic E-state index is 12.7. The first-order valence-electron chi connectivity index (χ1n) is 12.4. The van der Waals surface area contributed by atoms with Crippen molar-refractivity contribution in [3.63, 3.8) is 0 Å². The number of nitrogens with zero attached hydrogens (tertiary/aromatic N) is 1. The second-order valence-corrected chi connectivity index (χ2v) is 9.30. The molecule has 1 unspecified atom stereocenters. The molecule has 5 nitrogen and oxygen atoms in total. The van der Waals surface area contributed by atoms with Gasteiger partial charge in [-0.1, -0.05) is 84.0 Å². The first-order valence-corrected chi connectivity index (χ1v) is 14.5. The molecule has 3 rings (SSSR count). The largest absolute Gasteiger partial charge is 0.349 e. The topological polar surface area (TPSA) is 58.6 Å². The molecule has 1 fully saturated rings. The lowest BCUT2D eigenvalue weighted by atomic mass is 10.0. The van der Waals surface area contributed by atoms with Crippen LogP contribution < -0.4 is 5.32 Å². The van der Waals surface area contributed by atoms with Gasteiger partial charge in [-0.05, 0) is 43.0 Å². The number of carbonyl (C=O) groups is 1. The Kier molecular flexibility index (Phi) is 16.5. The van der Waals surface area contributed by atoms with Gasteiger partial charge in [0, 0.05) is 31.4 Å².